The third-order valence-electron chi connectivity index (χ3n) is 3.76. The van der Waals surface area contributed by atoms with E-state index in [1.807, 2.05) is 0 Å². The molecule has 0 bridgehead atoms. The van der Waals surface area contributed by atoms with Crippen molar-refractivity contribution in [1.82, 2.24) is 33.6 Å². The average Bonchev–Trinajstić information content (AvgIpc) is 3.01. The quantitative estimate of drug-likeness (QED) is 0.655. The molecule has 0 spiro atoms. The highest BCUT2D eigenvalue weighted by Crippen LogP contribution is 2.09. The molecule has 3 heterocycles. The smallest absolute Gasteiger partial charge is 0.332 e. The molecule has 0 unspecified atom stereocenters. The summed E-state index contributed by atoms with van der Waals surface area (Å²) in [5.41, 5.74) is -1.03. The fourth-order valence-corrected chi connectivity index (χ4v) is 2.52. The number of hydrogen-bond donors (Lipinski definition) is 0. The molecule has 0 atom stereocenters. The van der Waals surface area contributed by atoms with E-state index in [1.54, 1.807) is 0 Å². The molecule has 2 aromatic rings. The summed E-state index contributed by atoms with van der Waals surface area (Å²) in [6, 6.07) is 0. The summed E-state index contributed by atoms with van der Waals surface area (Å²) < 4.78 is 29.1. The van der Waals surface area contributed by atoms with Crippen molar-refractivity contribution in [2.24, 2.45) is 7.05 Å². The van der Waals surface area contributed by atoms with Crippen LogP contribution in [0.4, 0.5) is 8.78 Å². The normalized spacial score (nSPS) is 14.2. The number of rotatable bonds is 4. The van der Waals surface area contributed by atoms with E-state index in [0.717, 1.165) is 4.68 Å². The summed E-state index contributed by atoms with van der Waals surface area (Å²) in [7, 11) is 1.52. The molecule has 1 aliphatic rings. The lowest BCUT2D eigenvalue weighted by Crippen LogP contribution is -2.43. The summed E-state index contributed by atoms with van der Waals surface area (Å²) in [6.45, 7) is -0.600. The number of carbonyl (C=O) groups is 1. The van der Waals surface area contributed by atoms with Crippen molar-refractivity contribution in [3.8, 4) is 0 Å². The van der Waals surface area contributed by atoms with E-state index in [0.29, 0.717) is 4.68 Å². The minimum Gasteiger partial charge on any atom is -0.332 e. The van der Waals surface area contributed by atoms with Gasteiger partial charge in [0.15, 0.2) is 5.82 Å². The fraction of sp³-hybridized carbons (Fsp3) is 0.583. The van der Waals surface area contributed by atoms with Crippen LogP contribution in [-0.4, -0.2) is 52.5 Å². The van der Waals surface area contributed by atoms with E-state index in [4.69, 9.17) is 0 Å². The second kappa shape index (κ2) is 6.02. The van der Waals surface area contributed by atoms with Gasteiger partial charge in [-0.15, -0.1) is 0 Å². The zero-order valence-corrected chi connectivity index (χ0v) is 12.8. The third-order valence-corrected chi connectivity index (χ3v) is 3.76. The number of nitrogens with zero attached hydrogens (tertiary/aromatic N) is 7. The first-order valence-corrected chi connectivity index (χ1v) is 7.17. The van der Waals surface area contributed by atoms with Crippen LogP contribution in [0, 0.1) is 0 Å². The van der Waals surface area contributed by atoms with Crippen LogP contribution in [0.1, 0.15) is 5.82 Å². The van der Waals surface area contributed by atoms with Crippen LogP contribution in [0.3, 0.4) is 0 Å². The van der Waals surface area contributed by atoms with Crippen molar-refractivity contribution in [2.45, 2.75) is 32.6 Å². The zero-order valence-electron chi connectivity index (χ0n) is 12.8. The first-order chi connectivity index (χ1) is 11.4. The van der Waals surface area contributed by atoms with Crippen LogP contribution in [0.25, 0.3) is 0 Å². The Hall–Kier alpha value is -2.79. The SMILES string of the molecule is Cn1cnn(CC(=O)N2CCn3c(nn(CC(F)F)c3=O)C2)c1=O. The van der Waals surface area contributed by atoms with Crippen molar-refractivity contribution in [2.75, 3.05) is 6.54 Å². The van der Waals surface area contributed by atoms with E-state index in [-0.39, 0.29) is 37.9 Å². The molecule has 1 aliphatic heterocycles. The molecule has 0 saturated heterocycles. The maximum Gasteiger partial charge on any atom is 0.346 e. The van der Waals surface area contributed by atoms with Crippen molar-refractivity contribution in [3.05, 3.63) is 33.1 Å². The van der Waals surface area contributed by atoms with Crippen molar-refractivity contribution < 1.29 is 13.6 Å². The minimum absolute atomic E-state index is 0.0197. The van der Waals surface area contributed by atoms with Gasteiger partial charge in [0, 0.05) is 20.1 Å². The molecule has 130 valence electrons. The summed E-state index contributed by atoms with van der Waals surface area (Å²) in [5.74, 6) is -0.119. The summed E-state index contributed by atoms with van der Waals surface area (Å²) >= 11 is 0. The number of carbonyl (C=O) groups excluding carboxylic acids is 1. The average molecular weight is 343 g/mol. The molecule has 10 nitrogen and oxygen atoms in total. The number of halogens is 2. The van der Waals surface area contributed by atoms with Gasteiger partial charge in [-0.25, -0.2) is 27.7 Å². The van der Waals surface area contributed by atoms with E-state index in [1.165, 1.54) is 27.4 Å². The topological polar surface area (TPSA) is 99.9 Å². The third kappa shape index (κ3) is 2.86. The number of fused-ring (bicyclic) bond motifs is 1. The van der Waals surface area contributed by atoms with E-state index < -0.39 is 24.3 Å². The Balaban J connectivity index is 1.75. The lowest BCUT2D eigenvalue weighted by Gasteiger charge is -2.26. The fourth-order valence-electron chi connectivity index (χ4n) is 2.52. The van der Waals surface area contributed by atoms with Gasteiger partial charge in [-0.2, -0.15) is 10.2 Å². The number of amides is 1. The molecular formula is C12H15F2N7O3. The predicted octanol–water partition coefficient (Wildman–Crippen LogP) is -1.75. The summed E-state index contributed by atoms with van der Waals surface area (Å²) in [4.78, 5) is 37.3. The number of alkyl halides is 2. The van der Waals surface area contributed by atoms with Crippen LogP contribution in [-0.2, 0) is 38.0 Å². The highest BCUT2D eigenvalue weighted by molar-refractivity contribution is 5.75. The van der Waals surface area contributed by atoms with Crippen LogP contribution in [0.15, 0.2) is 15.9 Å². The second-order valence-electron chi connectivity index (χ2n) is 5.42. The summed E-state index contributed by atoms with van der Waals surface area (Å²) in [6.07, 6.45) is -1.39. The maximum atomic E-state index is 12.4. The Morgan fingerprint density at radius 2 is 2.00 bits per heavy atom. The van der Waals surface area contributed by atoms with Crippen molar-refractivity contribution >= 4 is 5.91 Å². The van der Waals surface area contributed by atoms with Crippen LogP contribution >= 0.6 is 0 Å². The summed E-state index contributed by atoms with van der Waals surface area (Å²) in [5, 5.41) is 7.66. The molecule has 0 saturated carbocycles. The highest BCUT2D eigenvalue weighted by atomic mass is 19.3. The molecule has 12 heteroatoms. The maximum absolute atomic E-state index is 12.4. The molecule has 0 radical (unpaired) electrons. The second-order valence-corrected chi connectivity index (χ2v) is 5.42. The zero-order chi connectivity index (χ0) is 17.4. The van der Waals surface area contributed by atoms with Crippen LogP contribution in [0.5, 0.6) is 0 Å². The van der Waals surface area contributed by atoms with Crippen LogP contribution in [0.2, 0.25) is 0 Å². The standard InChI is InChI=1S/C12H15F2N7O3/c1-17-7-15-20(11(17)23)6-10(22)18-2-3-19-9(5-18)16-21(12(19)24)4-8(13)14/h7-8H,2-6H2,1H3. The molecule has 2 aromatic heterocycles. The number of aryl methyl sites for hydroxylation is 1. The minimum atomic E-state index is -2.69. The number of hydrogen-bond acceptors (Lipinski definition) is 5. The van der Waals surface area contributed by atoms with Gasteiger partial charge in [0.05, 0.1) is 6.54 Å². The Kier molecular flexibility index (Phi) is 4.03. The molecule has 0 N–H and O–H groups in total. The van der Waals surface area contributed by atoms with E-state index >= 15 is 0 Å². The van der Waals surface area contributed by atoms with Gasteiger partial charge in [-0.3, -0.25) is 13.9 Å². The molecule has 24 heavy (non-hydrogen) atoms. The van der Waals surface area contributed by atoms with Gasteiger partial charge in [-0.1, -0.05) is 0 Å². The monoisotopic (exact) mass is 343 g/mol. The van der Waals surface area contributed by atoms with Crippen molar-refractivity contribution in [3.63, 3.8) is 0 Å². The highest BCUT2D eigenvalue weighted by Gasteiger charge is 2.26. The van der Waals surface area contributed by atoms with Gasteiger partial charge >= 0.3 is 11.4 Å². The van der Waals surface area contributed by atoms with E-state index in [9.17, 15) is 23.2 Å². The Labute approximate surface area is 133 Å². The van der Waals surface area contributed by atoms with Gasteiger partial charge in [0.2, 0.25) is 5.91 Å². The molecule has 1 amide bonds. The molecular weight excluding hydrogens is 328 g/mol. The van der Waals surface area contributed by atoms with E-state index in [2.05, 4.69) is 10.2 Å². The van der Waals surface area contributed by atoms with Gasteiger partial charge in [0.1, 0.15) is 19.4 Å². The predicted molar refractivity (Wildman–Crippen MR) is 75.4 cm³/mol. The molecule has 0 fully saturated rings. The lowest BCUT2D eigenvalue weighted by molar-refractivity contribution is -0.133. The number of aromatic nitrogens is 6. The lowest BCUT2D eigenvalue weighted by atomic mass is 10.3. The molecule has 3 rings (SSSR count). The first kappa shape index (κ1) is 16.1. The molecule has 0 aliphatic carbocycles. The van der Waals surface area contributed by atoms with Gasteiger partial charge in [0.25, 0.3) is 6.43 Å². The van der Waals surface area contributed by atoms with Crippen LogP contribution < -0.4 is 11.4 Å². The van der Waals surface area contributed by atoms with Crippen molar-refractivity contribution in [1.29, 1.82) is 0 Å². The first-order valence-electron chi connectivity index (χ1n) is 7.17. The Morgan fingerprint density at radius 1 is 1.25 bits per heavy atom. The largest absolute Gasteiger partial charge is 0.346 e. The van der Waals surface area contributed by atoms with Gasteiger partial charge < -0.3 is 4.90 Å². The Bertz CT molecular complexity index is 878. The Morgan fingerprint density at radius 3 is 2.62 bits per heavy atom. The van der Waals surface area contributed by atoms with Gasteiger partial charge in [-0.05, 0) is 0 Å². The molecule has 0 aromatic carbocycles.